The lowest BCUT2D eigenvalue weighted by Crippen LogP contribution is -2.27. The Kier molecular flexibility index (Phi) is 10.4. The normalized spacial score (nSPS) is 15.1. The summed E-state index contributed by atoms with van der Waals surface area (Å²) in [5.74, 6) is 2.18. The van der Waals surface area contributed by atoms with Gasteiger partial charge < -0.3 is 14.4 Å². The molecule has 1 aromatic rings. The second-order valence-electron chi connectivity index (χ2n) is 9.02. The van der Waals surface area contributed by atoms with Crippen LogP contribution >= 0.6 is 0 Å². The molecule has 0 saturated carbocycles. The zero-order valence-electron chi connectivity index (χ0n) is 18.8. The number of benzene rings is 1. The smallest absolute Gasteiger partial charge is 0.231 e. The average molecular weight is 416 g/mol. The Bertz CT molecular complexity index is 625. The van der Waals surface area contributed by atoms with Crippen LogP contribution in [0.3, 0.4) is 0 Å². The predicted octanol–water partition coefficient (Wildman–Crippen LogP) is 6.65. The molecule has 2 heterocycles. The van der Waals surface area contributed by atoms with Crippen molar-refractivity contribution in [3.63, 3.8) is 0 Å². The maximum Gasteiger partial charge on any atom is 0.231 e. The molecule has 4 nitrogen and oxygen atoms in total. The molecule has 0 aliphatic carbocycles. The van der Waals surface area contributed by atoms with Gasteiger partial charge in [0, 0.05) is 19.5 Å². The molecule has 1 fully saturated rings. The van der Waals surface area contributed by atoms with E-state index in [9.17, 15) is 4.79 Å². The number of amides is 1. The van der Waals surface area contributed by atoms with Crippen LogP contribution in [-0.4, -0.2) is 30.7 Å². The van der Waals surface area contributed by atoms with E-state index in [-0.39, 0.29) is 0 Å². The number of carbonyl (C=O) groups is 1. The molecule has 1 aromatic carbocycles. The fourth-order valence-electron chi connectivity index (χ4n) is 4.59. The third kappa shape index (κ3) is 8.20. The van der Waals surface area contributed by atoms with Crippen LogP contribution in [0.4, 0.5) is 0 Å². The Labute approximate surface area is 183 Å². The zero-order valence-corrected chi connectivity index (χ0v) is 18.8. The lowest BCUT2D eigenvalue weighted by Gasteiger charge is -2.14. The molecule has 0 bridgehead atoms. The van der Waals surface area contributed by atoms with Gasteiger partial charge in [0.1, 0.15) is 0 Å². The number of likely N-dealkylation sites (tertiary alicyclic amines) is 1. The minimum atomic E-state index is 0.360. The molecule has 0 spiro atoms. The molecule has 4 heteroatoms. The SMILES string of the molecule is O=C(CCCCCCCCCCCCCCc1ccc2c(c1)OCO2)N1CCCC1. The molecule has 1 amide bonds. The fraction of sp³-hybridized carbons (Fsp3) is 0.731. The topological polar surface area (TPSA) is 38.8 Å². The Balaban J connectivity index is 1.05. The first-order chi connectivity index (χ1) is 14.8. The summed E-state index contributed by atoms with van der Waals surface area (Å²) in [6.07, 6.45) is 20.1. The lowest BCUT2D eigenvalue weighted by molar-refractivity contribution is -0.130. The van der Waals surface area contributed by atoms with Crippen LogP contribution < -0.4 is 9.47 Å². The summed E-state index contributed by atoms with van der Waals surface area (Å²) in [5, 5.41) is 0. The van der Waals surface area contributed by atoms with Crippen molar-refractivity contribution in [1.29, 1.82) is 0 Å². The number of nitrogens with zero attached hydrogens (tertiary/aromatic N) is 1. The minimum Gasteiger partial charge on any atom is -0.454 e. The molecule has 1 saturated heterocycles. The quantitative estimate of drug-likeness (QED) is 0.301. The van der Waals surface area contributed by atoms with Gasteiger partial charge in [-0.1, -0.05) is 70.3 Å². The van der Waals surface area contributed by atoms with Crippen molar-refractivity contribution in [2.24, 2.45) is 0 Å². The summed E-state index contributed by atoms with van der Waals surface area (Å²) < 4.78 is 10.8. The average Bonchev–Trinajstić information content (AvgIpc) is 3.45. The van der Waals surface area contributed by atoms with Crippen LogP contribution in [0.2, 0.25) is 0 Å². The van der Waals surface area contributed by atoms with Gasteiger partial charge in [0.05, 0.1) is 0 Å². The van der Waals surface area contributed by atoms with Gasteiger partial charge in [0.15, 0.2) is 11.5 Å². The van der Waals surface area contributed by atoms with Gasteiger partial charge in [-0.15, -0.1) is 0 Å². The molecule has 168 valence electrons. The van der Waals surface area contributed by atoms with E-state index in [0.29, 0.717) is 12.7 Å². The van der Waals surface area contributed by atoms with Crippen LogP contribution in [0, 0.1) is 0 Å². The second-order valence-corrected chi connectivity index (χ2v) is 9.02. The molecule has 0 aromatic heterocycles. The summed E-state index contributed by atoms with van der Waals surface area (Å²) >= 11 is 0. The molecular weight excluding hydrogens is 374 g/mol. The van der Waals surface area contributed by atoms with Crippen molar-refractivity contribution in [3.8, 4) is 11.5 Å². The number of unbranched alkanes of at least 4 members (excludes halogenated alkanes) is 11. The zero-order chi connectivity index (χ0) is 20.9. The largest absolute Gasteiger partial charge is 0.454 e. The predicted molar refractivity (Wildman–Crippen MR) is 122 cm³/mol. The number of ether oxygens (including phenoxy) is 2. The van der Waals surface area contributed by atoms with Gasteiger partial charge in [0.25, 0.3) is 0 Å². The van der Waals surface area contributed by atoms with Crippen molar-refractivity contribution >= 4 is 5.91 Å². The summed E-state index contributed by atoms with van der Waals surface area (Å²) in [7, 11) is 0. The van der Waals surface area contributed by atoms with Crippen molar-refractivity contribution in [2.45, 2.75) is 103 Å². The summed E-state index contributed by atoms with van der Waals surface area (Å²) in [6, 6.07) is 6.33. The summed E-state index contributed by atoms with van der Waals surface area (Å²) in [4.78, 5) is 14.0. The standard InChI is InChI=1S/C26H41NO3/c28-26(27-19-13-14-20-27)16-12-10-8-6-4-2-1-3-5-7-9-11-15-23-17-18-24-25(21-23)30-22-29-24/h17-18,21H,1-16,19-20,22H2. The first-order valence-electron chi connectivity index (χ1n) is 12.5. The molecular formula is C26H41NO3. The van der Waals surface area contributed by atoms with E-state index < -0.39 is 0 Å². The van der Waals surface area contributed by atoms with E-state index in [0.717, 1.165) is 43.9 Å². The third-order valence-electron chi connectivity index (χ3n) is 6.50. The third-order valence-corrected chi connectivity index (χ3v) is 6.50. The number of hydrogen-bond donors (Lipinski definition) is 0. The molecule has 0 unspecified atom stereocenters. The number of aryl methyl sites for hydroxylation is 1. The van der Waals surface area contributed by atoms with Crippen molar-refractivity contribution in [3.05, 3.63) is 23.8 Å². The van der Waals surface area contributed by atoms with Crippen LogP contribution in [0.25, 0.3) is 0 Å². The van der Waals surface area contributed by atoms with Crippen LogP contribution in [-0.2, 0) is 11.2 Å². The van der Waals surface area contributed by atoms with E-state index in [4.69, 9.17) is 9.47 Å². The van der Waals surface area contributed by atoms with Gasteiger partial charge in [0.2, 0.25) is 12.7 Å². The maximum atomic E-state index is 12.0. The van der Waals surface area contributed by atoms with Crippen molar-refractivity contribution in [1.82, 2.24) is 4.90 Å². The highest BCUT2D eigenvalue weighted by Crippen LogP contribution is 2.32. The Morgan fingerprint density at radius 3 is 1.97 bits per heavy atom. The molecule has 2 aliphatic rings. The highest BCUT2D eigenvalue weighted by molar-refractivity contribution is 5.76. The minimum absolute atomic E-state index is 0.360. The van der Waals surface area contributed by atoms with E-state index in [1.165, 1.54) is 89.0 Å². The molecule has 30 heavy (non-hydrogen) atoms. The second kappa shape index (κ2) is 13.6. The summed E-state index contributed by atoms with van der Waals surface area (Å²) in [6.45, 7) is 2.36. The number of hydrogen-bond acceptors (Lipinski definition) is 3. The van der Waals surface area contributed by atoms with Gasteiger partial charge in [-0.2, -0.15) is 0 Å². The molecule has 3 rings (SSSR count). The number of carbonyl (C=O) groups excluding carboxylic acids is 1. The lowest BCUT2D eigenvalue weighted by atomic mass is 10.0. The Morgan fingerprint density at radius 2 is 1.30 bits per heavy atom. The van der Waals surface area contributed by atoms with E-state index in [2.05, 4.69) is 17.0 Å². The van der Waals surface area contributed by atoms with E-state index >= 15 is 0 Å². The first kappa shape index (κ1) is 23.0. The van der Waals surface area contributed by atoms with Crippen molar-refractivity contribution < 1.29 is 14.3 Å². The van der Waals surface area contributed by atoms with E-state index in [1.807, 2.05) is 6.07 Å². The number of fused-ring (bicyclic) bond motifs is 1. The van der Waals surface area contributed by atoms with Crippen molar-refractivity contribution in [2.75, 3.05) is 19.9 Å². The van der Waals surface area contributed by atoms with Crippen LogP contribution in [0.1, 0.15) is 102 Å². The van der Waals surface area contributed by atoms with Gasteiger partial charge in [-0.25, -0.2) is 0 Å². The molecule has 0 atom stereocenters. The number of rotatable bonds is 15. The van der Waals surface area contributed by atoms with Gasteiger partial charge in [-0.05, 0) is 49.8 Å². The van der Waals surface area contributed by atoms with Gasteiger partial charge in [-0.3, -0.25) is 4.79 Å². The highest BCUT2D eigenvalue weighted by atomic mass is 16.7. The Hall–Kier alpha value is -1.71. The molecule has 2 aliphatic heterocycles. The Morgan fingerprint density at radius 1 is 0.733 bits per heavy atom. The van der Waals surface area contributed by atoms with E-state index in [1.54, 1.807) is 0 Å². The molecule has 0 N–H and O–H groups in total. The maximum absolute atomic E-state index is 12.0. The van der Waals surface area contributed by atoms with Crippen LogP contribution in [0.15, 0.2) is 18.2 Å². The van der Waals surface area contributed by atoms with Gasteiger partial charge >= 0.3 is 0 Å². The summed E-state index contributed by atoms with van der Waals surface area (Å²) in [5.41, 5.74) is 1.36. The van der Waals surface area contributed by atoms with Crippen LogP contribution in [0.5, 0.6) is 11.5 Å². The molecule has 0 radical (unpaired) electrons. The highest BCUT2D eigenvalue weighted by Gasteiger charge is 2.16. The monoisotopic (exact) mass is 415 g/mol. The fourth-order valence-corrected chi connectivity index (χ4v) is 4.59. The first-order valence-corrected chi connectivity index (χ1v) is 12.5.